The van der Waals surface area contributed by atoms with Crippen LogP contribution in [-0.2, 0) is 4.79 Å². The first-order valence-electron chi connectivity index (χ1n) is 8.75. The van der Waals surface area contributed by atoms with Crippen molar-refractivity contribution in [2.75, 3.05) is 7.11 Å². The molecule has 146 valence electrons. The molecule has 0 radical (unpaired) electrons. The van der Waals surface area contributed by atoms with Gasteiger partial charge in [-0.15, -0.1) is 0 Å². The molecule has 0 bridgehead atoms. The Morgan fingerprint density at radius 3 is 2.38 bits per heavy atom. The topological polar surface area (TPSA) is 89.6 Å². The summed E-state index contributed by atoms with van der Waals surface area (Å²) >= 11 is 0. The number of hydrogen-bond donors (Lipinski definition) is 2. The van der Waals surface area contributed by atoms with Crippen LogP contribution in [0.4, 0.5) is 0 Å². The summed E-state index contributed by atoms with van der Waals surface area (Å²) in [5.41, 5.74) is 5.56. The third-order valence-electron chi connectivity index (χ3n) is 3.79. The number of carbonyl (C=O) groups excluding carboxylic acids is 2. The Kier molecular flexibility index (Phi) is 6.57. The maximum atomic E-state index is 12.2. The fourth-order valence-corrected chi connectivity index (χ4v) is 2.33. The van der Waals surface area contributed by atoms with Crippen molar-refractivity contribution in [2.45, 2.75) is 0 Å². The number of nitrogens with zero attached hydrogens (tertiary/aromatic N) is 1. The number of benzene rings is 2. The average molecular weight is 389 g/mol. The van der Waals surface area contributed by atoms with Crippen LogP contribution in [0.25, 0.3) is 6.08 Å². The Hall–Kier alpha value is -4.13. The van der Waals surface area contributed by atoms with Gasteiger partial charge in [0.1, 0.15) is 22.9 Å². The molecular weight excluding hydrogens is 370 g/mol. The minimum Gasteiger partial charge on any atom is -0.497 e. The Labute approximate surface area is 168 Å². The van der Waals surface area contributed by atoms with Crippen molar-refractivity contribution >= 4 is 17.9 Å². The molecule has 0 saturated heterocycles. The normalized spacial score (nSPS) is 10.4. The van der Waals surface area contributed by atoms with E-state index in [4.69, 9.17) is 9.47 Å². The molecule has 1 heterocycles. The molecule has 0 atom stereocenters. The van der Waals surface area contributed by atoms with E-state index >= 15 is 0 Å². The molecule has 29 heavy (non-hydrogen) atoms. The molecule has 0 fully saturated rings. The van der Waals surface area contributed by atoms with Gasteiger partial charge in [0.05, 0.1) is 7.11 Å². The lowest BCUT2D eigenvalue weighted by molar-refractivity contribution is -0.117. The van der Waals surface area contributed by atoms with Crippen molar-refractivity contribution in [1.82, 2.24) is 15.8 Å². The lowest BCUT2D eigenvalue weighted by Crippen LogP contribution is -2.41. The van der Waals surface area contributed by atoms with Gasteiger partial charge in [-0.05, 0) is 42.0 Å². The van der Waals surface area contributed by atoms with E-state index in [0.29, 0.717) is 11.5 Å². The average Bonchev–Trinajstić information content (AvgIpc) is 2.77. The molecule has 0 aliphatic heterocycles. The molecule has 3 rings (SSSR count). The third kappa shape index (κ3) is 5.93. The number of ether oxygens (including phenoxy) is 2. The monoisotopic (exact) mass is 389 g/mol. The van der Waals surface area contributed by atoms with Crippen LogP contribution in [0.3, 0.4) is 0 Å². The summed E-state index contributed by atoms with van der Waals surface area (Å²) in [6, 6.07) is 19.5. The van der Waals surface area contributed by atoms with Gasteiger partial charge >= 0.3 is 0 Å². The van der Waals surface area contributed by atoms with Gasteiger partial charge in [0.2, 0.25) is 0 Å². The van der Waals surface area contributed by atoms with Gasteiger partial charge in [-0.25, -0.2) is 0 Å². The summed E-state index contributed by atoms with van der Waals surface area (Å²) in [7, 11) is 1.58. The number of aromatic nitrogens is 1. The standard InChI is InChI=1S/C22H19N3O4/c1-28-17-10-7-16(8-11-17)9-12-21(26)24-25-22(27)20-15-19(13-14-23-20)29-18-5-3-2-4-6-18/h2-15H,1H3,(H,24,26)(H,25,27). The molecule has 3 aromatic rings. The maximum absolute atomic E-state index is 12.2. The smallest absolute Gasteiger partial charge is 0.288 e. The van der Waals surface area contributed by atoms with Crippen molar-refractivity contribution in [3.63, 3.8) is 0 Å². The molecule has 0 aliphatic rings. The van der Waals surface area contributed by atoms with Gasteiger partial charge < -0.3 is 9.47 Å². The zero-order valence-electron chi connectivity index (χ0n) is 15.7. The number of nitrogens with one attached hydrogen (secondary N) is 2. The van der Waals surface area contributed by atoms with Crippen molar-refractivity contribution in [1.29, 1.82) is 0 Å². The van der Waals surface area contributed by atoms with Gasteiger partial charge in [-0.1, -0.05) is 30.3 Å². The van der Waals surface area contributed by atoms with Crippen molar-refractivity contribution in [3.8, 4) is 17.2 Å². The van der Waals surface area contributed by atoms with Gasteiger partial charge in [-0.3, -0.25) is 25.4 Å². The molecule has 0 aliphatic carbocycles. The first kappa shape index (κ1) is 19.6. The molecule has 2 amide bonds. The van der Waals surface area contributed by atoms with E-state index in [9.17, 15) is 9.59 Å². The molecule has 7 nitrogen and oxygen atoms in total. The predicted molar refractivity (Wildman–Crippen MR) is 108 cm³/mol. The highest BCUT2D eigenvalue weighted by molar-refractivity contribution is 5.97. The van der Waals surface area contributed by atoms with E-state index in [1.807, 2.05) is 30.3 Å². The third-order valence-corrected chi connectivity index (χ3v) is 3.79. The van der Waals surface area contributed by atoms with Gasteiger partial charge in [0, 0.05) is 18.3 Å². The number of hydrazine groups is 1. The second kappa shape index (κ2) is 9.70. The van der Waals surface area contributed by atoms with Crippen LogP contribution < -0.4 is 20.3 Å². The number of para-hydroxylation sites is 1. The van der Waals surface area contributed by atoms with Crippen molar-refractivity contribution in [2.24, 2.45) is 0 Å². The largest absolute Gasteiger partial charge is 0.497 e. The predicted octanol–water partition coefficient (Wildman–Crippen LogP) is 3.36. The van der Waals surface area contributed by atoms with Crippen LogP contribution in [0.15, 0.2) is 79.0 Å². The maximum Gasteiger partial charge on any atom is 0.288 e. The highest BCUT2D eigenvalue weighted by atomic mass is 16.5. The fraction of sp³-hybridized carbons (Fsp3) is 0.0455. The van der Waals surface area contributed by atoms with E-state index < -0.39 is 11.8 Å². The summed E-state index contributed by atoms with van der Waals surface area (Å²) in [6.07, 6.45) is 4.39. The van der Waals surface area contributed by atoms with Crippen LogP contribution in [0, 0.1) is 0 Å². The zero-order chi connectivity index (χ0) is 20.5. The second-order valence-corrected chi connectivity index (χ2v) is 5.84. The Morgan fingerprint density at radius 2 is 1.66 bits per heavy atom. The SMILES string of the molecule is COc1ccc(C=CC(=O)NNC(=O)c2cc(Oc3ccccc3)ccn2)cc1. The molecule has 0 spiro atoms. The highest BCUT2D eigenvalue weighted by Crippen LogP contribution is 2.20. The van der Waals surface area contributed by atoms with E-state index in [-0.39, 0.29) is 5.69 Å². The Morgan fingerprint density at radius 1 is 0.897 bits per heavy atom. The Balaban J connectivity index is 1.53. The molecule has 1 aromatic heterocycles. The lowest BCUT2D eigenvalue weighted by atomic mass is 10.2. The molecule has 0 saturated carbocycles. The first-order chi connectivity index (χ1) is 14.1. The van der Waals surface area contributed by atoms with E-state index in [1.54, 1.807) is 43.5 Å². The molecule has 0 unspecified atom stereocenters. The van der Waals surface area contributed by atoms with Crippen LogP contribution in [0.1, 0.15) is 16.1 Å². The molecule has 2 aromatic carbocycles. The summed E-state index contributed by atoms with van der Waals surface area (Å²) < 4.78 is 10.7. The van der Waals surface area contributed by atoms with Crippen molar-refractivity contribution < 1.29 is 19.1 Å². The van der Waals surface area contributed by atoms with Crippen molar-refractivity contribution in [3.05, 3.63) is 90.3 Å². The molecule has 7 heteroatoms. The number of pyridine rings is 1. The van der Waals surface area contributed by atoms with E-state index in [2.05, 4.69) is 15.8 Å². The summed E-state index contributed by atoms with van der Waals surface area (Å²) in [4.78, 5) is 28.1. The van der Waals surface area contributed by atoms with Crippen LogP contribution >= 0.6 is 0 Å². The summed E-state index contributed by atoms with van der Waals surface area (Å²) in [5, 5.41) is 0. The van der Waals surface area contributed by atoms with E-state index in [0.717, 1.165) is 11.3 Å². The van der Waals surface area contributed by atoms with Gasteiger partial charge in [-0.2, -0.15) is 0 Å². The minimum absolute atomic E-state index is 0.109. The van der Waals surface area contributed by atoms with Crippen LogP contribution in [-0.4, -0.2) is 23.9 Å². The molecule has 2 N–H and O–H groups in total. The summed E-state index contributed by atoms with van der Waals surface area (Å²) in [5.74, 6) is 0.787. The Bertz CT molecular complexity index is 1000. The fourth-order valence-electron chi connectivity index (χ4n) is 2.33. The number of carbonyl (C=O) groups is 2. The van der Waals surface area contributed by atoms with Crippen LogP contribution in [0.2, 0.25) is 0 Å². The highest BCUT2D eigenvalue weighted by Gasteiger charge is 2.09. The number of methoxy groups -OCH3 is 1. The number of amides is 2. The van der Waals surface area contributed by atoms with Gasteiger partial charge in [0.25, 0.3) is 11.8 Å². The van der Waals surface area contributed by atoms with Crippen LogP contribution in [0.5, 0.6) is 17.2 Å². The minimum atomic E-state index is -0.560. The zero-order valence-corrected chi connectivity index (χ0v) is 15.7. The molecular formula is C22H19N3O4. The first-order valence-corrected chi connectivity index (χ1v) is 8.75. The number of rotatable bonds is 6. The second-order valence-electron chi connectivity index (χ2n) is 5.84. The lowest BCUT2D eigenvalue weighted by Gasteiger charge is -2.08. The van der Waals surface area contributed by atoms with E-state index in [1.165, 1.54) is 18.3 Å². The van der Waals surface area contributed by atoms with Gasteiger partial charge in [0.15, 0.2) is 0 Å². The quantitative estimate of drug-likeness (QED) is 0.498. The summed E-state index contributed by atoms with van der Waals surface area (Å²) in [6.45, 7) is 0. The number of hydrogen-bond acceptors (Lipinski definition) is 5.